The summed E-state index contributed by atoms with van der Waals surface area (Å²) in [5.41, 5.74) is 14.5. The predicted octanol–water partition coefficient (Wildman–Crippen LogP) is 2.01. The summed E-state index contributed by atoms with van der Waals surface area (Å²) in [6.07, 6.45) is 5.24. The second kappa shape index (κ2) is 5.13. The molecule has 2 heterocycles. The van der Waals surface area contributed by atoms with E-state index in [4.69, 9.17) is 11.5 Å². The van der Waals surface area contributed by atoms with Crippen LogP contribution in [-0.4, -0.2) is 15.9 Å². The topological polar surface area (TPSA) is 97.8 Å². The molecule has 0 bridgehead atoms. The maximum Gasteiger partial charge on any atom is 0.264 e. The summed E-state index contributed by atoms with van der Waals surface area (Å²) in [7, 11) is 0. The van der Waals surface area contributed by atoms with Crippen LogP contribution in [0.25, 0.3) is 28.2 Å². The molecule has 0 aliphatic heterocycles. The van der Waals surface area contributed by atoms with Crippen molar-refractivity contribution in [3.8, 4) is 11.1 Å². The molecule has 1 amide bonds. The Morgan fingerprint density at radius 1 is 1.14 bits per heavy atom. The van der Waals surface area contributed by atoms with Crippen molar-refractivity contribution < 1.29 is 4.79 Å². The Balaban J connectivity index is 1.98. The number of rotatable bonds is 3. The number of amides is 1. The number of nitrogens with zero attached hydrogens (tertiary/aromatic N) is 1. The lowest BCUT2D eigenvalue weighted by Gasteiger charge is -2.01. The number of benzene rings is 1. The molecule has 0 fully saturated rings. The summed E-state index contributed by atoms with van der Waals surface area (Å²) in [4.78, 5) is 18.3. The minimum absolute atomic E-state index is 0.0408. The average Bonchev–Trinajstić information content (AvgIpc) is 2.92. The second-order valence-electron chi connectivity index (χ2n) is 4.69. The van der Waals surface area contributed by atoms with Crippen molar-refractivity contribution >= 4 is 23.0 Å². The van der Waals surface area contributed by atoms with Crippen LogP contribution >= 0.6 is 0 Å². The molecule has 0 saturated heterocycles. The van der Waals surface area contributed by atoms with Gasteiger partial charge in [0.1, 0.15) is 5.65 Å². The van der Waals surface area contributed by atoms with Crippen molar-refractivity contribution in [2.45, 2.75) is 0 Å². The van der Waals surface area contributed by atoms with Crippen LogP contribution in [0.1, 0.15) is 5.56 Å². The van der Waals surface area contributed by atoms with Crippen LogP contribution in [0.2, 0.25) is 0 Å². The van der Waals surface area contributed by atoms with Gasteiger partial charge in [-0.05, 0) is 29.3 Å². The molecular formula is C16H14N4O. The molecule has 0 atom stereocenters. The van der Waals surface area contributed by atoms with Gasteiger partial charge in [0.2, 0.25) is 0 Å². The molecular weight excluding hydrogens is 264 g/mol. The number of primary amides is 1. The summed E-state index contributed by atoms with van der Waals surface area (Å²) < 4.78 is 0. The lowest BCUT2D eigenvalue weighted by Crippen LogP contribution is -2.19. The summed E-state index contributed by atoms with van der Waals surface area (Å²) in [6.45, 7) is 0. The van der Waals surface area contributed by atoms with E-state index in [0.29, 0.717) is 0 Å². The quantitative estimate of drug-likeness (QED) is 0.639. The minimum atomic E-state index is -0.623. The van der Waals surface area contributed by atoms with E-state index in [1.54, 1.807) is 12.3 Å². The molecule has 0 saturated carbocycles. The highest BCUT2D eigenvalue weighted by Crippen LogP contribution is 2.27. The number of pyridine rings is 1. The molecule has 5 N–H and O–H groups in total. The first-order chi connectivity index (χ1) is 10.1. The van der Waals surface area contributed by atoms with Gasteiger partial charge < -0.3 is 16.5 Å². The zero-order valence-corrected chi connectivity index (χ0v) is 11.2. The van der Waals surface area contributed by atoms with Gasteiger partial charge in [0.25, 0.3) is 5.91 Å². The van der Waals surface area contributed by atoms with Gasteiger partial charge in [-0.15, -0.1) is 0 Å². The Morgan fingerprint density at radius 3 is 2.62 bits per heavy atom. The zero-order valence-electron chi connectivity index (χ0n) is 11.2. The number of nitrogens with two attached hydrogens (primary N) is 2. The van der Waals surface area contributed by atoms with Crippen molar-refractivity contribution in [1.82, 2.24) is 9.97 Å². The Kier molecular flexibility index (Phi) is 3.16. The molecule has 21 heavy (non-hydrogen) atoms. The fourth-order valence-corrected chi connectivity index (χ4v) is 2.20. The molecule has 0 aliphatic carbocycles. The van der Waals surface area contributed by atoms with Crippen molar-refractivity contribution in [3.05, 3.63) is 60.1 Å². The van der Waals surface area contributed by atoms with E-state index in [-0.39, 0.29) is 5.70 Å². The number of carbonyl (C=O) groups excluding carboxylic acids is 1. The number of aromatic amines is 1. The van der Waals surface area contributed by atoms with Gasteiger partial charge in [0.05, 0.1) is 5.70 Å². The molecule has 0 unspecified atom stereocenters. The van der Waals surface area contributed by atoms with Gasteiger partial charge in [-0.3, -0.25) is 4.79 Å². The van der Waals surface area contributed by atoms with E-state index in [2.05, 4.69) is 9.97 Å². The van der Waals surface area contributed by atoms with E-state index in [0.717, 1.165) is 27.7 Å². The van der Waals surface area contributed by atoms with Crippen LogP contribution < -0.4 is 11.5 Å². The molecule has 5 nitrogen and oxygen atoms in total. The van der Waals surface area contributed by atoms with Crippen LogP contribution in [-0.2, 0) is 4.79 Å². The van der Waals surface area contributed by atoms with Gasteiger partial charge in [0, 0.05) is 23.3 Å². The molecule has 3 rings (SSSR count). The van der Waals surface area contributed by atoms with Gasteiger partial charge in [0.15, 0.2) is 0 Å². The fraction of sp³-hybridized carbons (Fsp3) is 0. The standard InChI is InChI=1S/C16H14N4O/c17-14(15(18)21)8-10-3-5-11(6-4-10)13-9-20-16-12(13)2-1-7-19-16/h1-9H,17H2,(H2,18,21)(H,19,20)/b14-8-. The van der Waals surface area contributed by atoms with Gasteiger partial charge >= 0.3 is 0 Å². The molecule has 3 aromatic rings. The Morgan fingerprint density at radius 2 is 1.90 bits per heavy atom. The van der Waals surface area contributed by atoms with Gasteiger partial charge in [-0.2, -0.15) is 0 Å². The monoisotopic (exact) mass is 278 g/mol. The molecule has 0 radical (unpaired) electrons. The van der Waals surface area contributed by atoms with Crippen LogP contribution in [0.5, 0.6) is 0 Å². The summed E-state index contributed by atoms with van der Waals surface area (Å²) in [6, 6.07) is 11.6. The maximum absolute atomic E-state index is 10.9. The third-order valence-electron chi connectivity index (χ3n) is 3.28. The first kappa shape index (κ1) is 12.9. The normalized spacial score (nSPS) is 11.7. The van der Waals surface area contributed by atoms with Gasteiger partial charge in [-0.1, -0.05) is 24.3 Å². The van der Waals surface area contributed by atoms with Crippen LogP contribution in [0.4, 0.5) is 0 Å². The van der Waals surface area contributed by atoms with Crippen LogP contribution in [0, 0.1) is 0 Å². The number of nitrogens with one attached hydrogen (secondary N) is 1. The number of hydrogen-bond acceptors (Lipinski definition) is 3. The Bertz CT molecular complexity index is 831. The van der Waals surface area contributed by atoms with E-state index in [1.165, 1.54) is 0 Å². The first-order valence-electron chi connectivity index (χ1n) is 6.44. The van der Waals surface area contributed by atoms with Gasteiger partial charge in [-0.25, -0.2) is 4.98 Å². The average molecular weight is 278 g/mol. The number of carbonyl (C=O) groups is 1. The summed E-state index contributed by atoms with van der Waals surface area (Å²) in [5.74, 6) is -0.623. The summed E-state index contributed by atoms with van der Waals surface area (Å²) in [5, 5.41) is 1.07. The minimum Gasteiger partial charge on any atom is -0.394 e. The van der Waals surface area contributed by atoms with Crippen LogP contribution in [0.3, 0.4) is 0 Å². The van der Waals surface area contributed by atoms with E-state index in [9.17, 15) is 4.79 Å². The fourth-order valence-electron chi connectivity index (χ4n) is 2.20. The second-order valence-corrected chi connectivity index (χ2v) is 4.69. The molecule has 0 aliphatic rings. The molecule has 1 aromatic carbocycles. The summed E-state index contributed by atoms with van der Waals surface area (Å²) >= 11 is 0. The highest BCUT2D eigenvalue weighted by molar-refractivity contribution is 5.96. The Hall–Kier alpha value is -3.08. The van der Waals surface area contributed by atoms with E-state index in [1.807, 2.05) is 42.6 Å². The SMILES string of the molecule is NC(=O)/C(N)=C/c1ccc(-c2c[nH]c3ncccc23)cc1. The van der Waals surface area contributed by atoms with E-state index >= 15 is 0 Å². The molecule has 2 aromatic heterocycles. The molecule has 5 heteroatoms. The maximum atomic E-state index is 10.9. The predicted molar refractivity (Wildman–Crippen MR) is 82.9 cm³/mol. The number of fused-ring (bicyclic) bond motifs is 1. The van der Waals surface area contributed by atoms with Crippen molar-refractivity contribution in [2.24, 2.45) is 11.5 Å². The first-order valence-corrected chi connectivity index (χ1v) is 6.44. The van der Waals surface area contributed by atoms with Crippen molar-refractivity contribution in [2.75, 3.05) is 0 Å². The van der Waals surface area contributed by atoms with Crippen molar-refractivity contribution in [3.63, 3.8) is 0 Å². The number of aromatic nitrogens is 2. The lowest BCUT2D eigenvalue weighted by atomic mass is 10.0. The third kappa shape index (κ3) is 2.49. The Labute approximate surface area is 121 Å². The highest BCUT2D eigenvalue weighted by Gasteiger charge is 2.06. The third-order valence-corrected chi connectivity index (χ3v) is 3.28. The van der Waals surface area contributed by atoms with E-state index < -0.39 is 5.91 Å². The largest absolute Gasteiger partial charge is 0.394 e. The molecule has 104 valence electrons. The lowest BCUT2D eigenvalue weighted by molar-refractivity contribution is -0.114. The highest BCUT2D eigenvalue weighted by atomic mass is 16.1. The number of hydrogen-bond donors (Lipinski definition) is 3. The molecule has 0 spiro atoms. The van der Waals surface area contributed by atoms with Crippen LogP contribution in [0.15, 0.2) is 54.5 Å². The zero-order chi connectivity index (χ0) is 14.8. The van der Waals surface area contributed by atoms with Crippen molar-refractivity contribution in [1.29, 1.82) is 0 Å². The number of H-pyrrole nitrogens is 1. The smallest absolute Gasteiger partial charge is 0.264 e.